The molecule has 2 bridgehead atoms. The smallest absolute Gasteiger partial charge is 0.255 e. The number of phenolic OH excluding ortho intramolecular Hbond substituents is 1. The summed E-state index contributed by atoms with van der Waals surface area (Å²) in [7, 11) is 0. The molecule has 3 rings (SSSR count). The van der Waals surface area contributed by atoms with Gasteiger partial charge in [0, 0.05) is 6.04 Å². The molecule has 4 unspecified atom stereocenters. The zero-order chi connectivity index (χ0) is 13.4. The standard InChI is InChI=1S/C16H21NO2/c1-10(14-9-11-6-7-12(14)8-11)17-16(19)13-4-2-3-5-15(13)18/h2-5,10-12,14,18H,6-9H2,1H3,(H,17,19). The van der Waals surface area contributed by atoms with Crippen LogP contribution in [0.15, 0.2) is 24.3 Å². The molecule has 1 aromatic carbocycles. The van der Waals surface area contributed by atoms with Gasteiger partial charge in [-0.25, -0.2) is 0 Å². The number of aromatic hydroxyl groups is 1. The Hall–Kier alpha value is -1.51. The maximum absolute atomic E-state index is 12.2. The molecule has 2 aliphatic rings. The van der Waals surface area contributed by atoms with Gasteiger partial charge in [-0.05, 0) is 56.1 Å². The minimum Gasteiger partial charge on any atom is -0.507 e. The van der Waals surface area contributed by atoms with E-state index < -0.39 is 0 Å². The maximum atomic E-state index is 12.2. The maximum Gasteiger partial charge on any atom is 0.255 e. The first kappa shape index (κ1) is 12.5. The number of hydrogen-bond donors (Lipinski definition) is 2. The van der Waals surface area contributed by atoms with Crippen molar-refractivity contribution in [3.05, 3.63) is 29.8 Å². The topological polar surface area (TPSA) is 49.3 Å². The molecular formula is C16H21NO2. The highest BCUT2D eigenvalue weighted by Crippen LogP contribution is 2.49. The summed E-state index contributed by atoms with van der Waals surface area (Å²) in [4.78, 5) is 12.2. The number of rotatable bonds is 3. The fraction of sp³-hybridized carbons (Fsp3) is 0.562. The molecule has 0 radical (unpaired) electrons. The van der Waals surface area contributed by atoms with Gasteiger partial charge >= 0.3 is 0 Å². The van der Waals surface area contributed by atoms with Gasteiger partial charge in [-0.3, -0.25) is 4.79 Å². The van der Waals surface area contributed by atoms with E-state index in [1.54, 1.807) is 24.3 Å². The largest absolute Gasteiger partial charge is 0.507 e. The number of amides is 1. The van der Waals surface area contributed by atoms with Crippen molar-refractivity contribution >= 4 is 5.91 Å². The van der Waals surface area contributed by atoms with Crippen molar-refractivity contribution in [2.45, 2.75) is 38.6 Å². The van der Waals surface area contributed by atoms with Gasteiger partial charge in [0.25, 0.3) is 5.91 Å². The van der Waals surface area contributed by atoms with Crippen molar-refractivity contribution in [2.24, 2.45) is 17.8 Å². The highest BCUT2D eigenvalue weighted by Gasteiger charge is 2.42. The van der Waals surface area contributed by atoms with Crippen LogP contribution < -0.4 is 5.32 Å². The molecule has 3 nitrogen and oxygen atoms in total. The second-order valence-corrected chi connectivity index (χ2v) is 6.12. The Bertz CT molecular complexity index is 485. The molecule has 102 valence electrons. The number of benzene rings is 1. The quantitative estimate of drug-likeness (QED) is 0.876. The summed E-state index contributed by atoms with van der Waals surface area (Å²) in [5.41, 5.74) is 0.373. The van der Waals surface area contributed by atoms with E-state index in [1.807, 2.05) is 0 Å². The van der Waals surface area contributed by atoms with Crippen molar-refractivity contribution in [3.63, 3.8) is 0 Å². The zero-order valence-corrected chi connectivity index (χ0v) is 11.3. The van der Waals surface area contributed by atoms with Crippen LogP contribution in [0.4, 0.5) is 0 Å². The lowest BCUT2D eigenvalue weighted by Gasteiger charge is -2.28. The molecule has 2 aliphatic carbocycles. The van der Waals surface area contributed by atoms with Crippen LogP contribution in [-0.2, 0) is 0 Å². The summed E-state index contributed by atoms with van der Waals surface area (Å²) in [6.07, 6.45) is 5.31. The first-order chi connectivity index (χ1) is 9.15. The van der Waals surface area contributed by atoms with E-state index in [2.05, 4.69) is 12.2 Å². The molecular weight excluding hydrogens is 238 g/mol. The number of carbonyl (C=O) groups is 1. The van der Waals surface area contributed by atoms with E-state index in [9.17, 15) is 9.90 Å². The van der Waals surface area contributed by atoms with Crippen molar-refractivity contribution < 1.29 is 9.90 Å². The number of carbonyl (C=O) groups excluding carboxylic acids is 1. The van der Waals surface area contributed by atoms with Crippen LogP contribution in [0.5, 0.6) is 5.75 Å². The molecule has 3 heteroatoms. The van der Waals surface area contributed by atoms with Gasteiger partial charge in [0.05, 0.1) is 5.56 Å². The SMILES string of the molecule is CC(NC(=O)c1ccccc1O)C1CC2CCC1C2. The summed E-state index contributed by atoms with van der Waals surface area (Å²) in [5, 5.41) is 12.8. The van der Waals surface area contributed by atoms with Crippen molar-refractivity contribution in [1.29, 1.82) is 0 Å². The third-order valence-corrected chi connectivity index (χ3v) is 4.94. The minimum absolute atomic E-state index is 0.0557. The van der Waals surface area contributed by atoms with E-state index in [-0.39, 0.29) is 17.7 Å². The van der Waals surface area contributed by atoms with E-state index in [1.165, 1.54) is 25.7 Å². The predicted octanol–water partition coefficient (Wildman–Crippen LogP) is 2.95. The fourth-order valence-corrected chi connectivity index (χ4v) is 3.96. The zero-order valence-electron chi connectivity index (χ0n) is 11.3. The van der Waals surface area contributed by atoms with Gasteiger partial charge in [-0.15, -0.1) is 0 Å². The van der Waals surface area contributed by atoms with Crippen LogP contribution in [0.1, 0.15) is 43.0 Å². The average Bonchev–Trinajstić information content (AvgIpc) is 3.01. The van der Waals surface area contributed by atoms with Gasteiger partial charge in [0.15, 0.2) is 0 Å². The van der Waals surface area contributed by atoms with E-state index in [4.69, 9.17) is 0 Å². The summed E-state index contributed by atoms with van der Waals surface area (Å²) < 4.78 is 0. The second-order valence-electron chi connectivity index (χ2n) is 6.12. The van der Waals surface area contributed by atoms with Crippen LogP contribution in [0, 0.1) is 17.8 Å². The Morgan fingerprint density at radius 3 is 2.74 bits per heavy atom. The summed E-state index contributed by atoms with van der Waals surface area (Å²) in [5.74, 6) is 2.20. The molecule has 2 saturated carbocycles. The molecule has 2 N–H and O–H groups in total. The van der Waals surface area contributed by atoms with Gasteiger partial charge in [-0.1, -0.05) is 18.6 Å². The third-order valence-electron chi connectivity index (χ3n) is 4.94. The summed E-state index contributed by atoms with van der Waals surface area (Å²) >= 11 is 0. The highest BCUT2D eigenvalue weighted by atomic mass is 16.3. The normalized spacial score (nSPS) is 30.3. The van der Waals surface area contributed by atoms with Crippen LogP contribution >= 0.6 is 0 Å². The van der Waals surface area contributed by atoms with Gasteiger partial charge in [0.2, 0.25) is 0 Å². The number of phenols is 1. The van der Waals surface area contributed by atoms with Crippen molar-refractivity contribution in [3.8, 4) is 5.75 Å². The second kappa shape index (κ2) is 4.87. The molecule has 1 aromatic rings. The number of nitrogens with one attached hydrogen (secondary N) is 1. The minimum atomic E-state index is -0.159. The molecule has 0 saturated heterocycles. The van der Waals surface area contributed by atoms with E-state index in [0.29, 0.717) is 11.5 Å². The molecule has 0 spiro atoms. The number of hydrogen-bond acceptors (Lipinski definition) is 2. The monoisotopic (exact) mass is 259 g/mol. The molecule has 2 fully saturated rings. The molecule has 0 heterocycles. The van der Waals surface area contributed by atoms with E-state index >= 15 is 0 Å². The summed E-state index contributed by atoms with van der Waals surface area (Å²) in [6.45, 7) is 2.10. The Morgan fingerprint density at radius 1 is 1.32 bits per heavy atom. The van der Waals surface area contributed by atoms with Gasteiger partial charge in [-0.2, -0.15) is 0 Å². The first-order valence-electron chi connectivity index (χ1n) is 7.24. The number of fused-ring (bicyclic) bond motifs is 2. The Balaban J connectivity index is 1.65. The Kier molecular flexibility index (Phi) is 3.21. The lowest BCUT2D eigenvalue weighted by atomic mass is 9.84. The van der Waals surface area contributed by atoms with Crippen molar-refractivity contribution in [2.75, 3.05) is 0 Å². The number of para-hydroxylation sites is 1. The van der Waals surface area contributed by atoms with Crippen LogP contribution in [0.2, 0.25) is 0 Å². The lowest BCUT2D eigenvalue weighted by molar-refractivity contribution is 0.0912. The molecule has 4 atom stereocenters. The van der Waals surface area contributed by atoms with Crippen molar-refractivity contribution in [1.82, 2.24) is 5.32 Å². The Labute approximate surface area is 114 Å². The van der Waals surface area contributed by atoms with Crippen LogP contribution in [0.3, 0.4) is 0 Å². The molecule has 0 aromatic heterocycles. The van der Waals surface area contributed by atoms with Crippen LogP contribution in [-0.4, -0.2) is 17.1 Å². The van der Waals surface area contributed by atoms with Gasteiger partial charge < -0.3 is 10.4 Å². The van der Waals surface area contributed by atoms with E-state index in [0.717, 1.165) is 11.8 Å². The predicted molar refractivity (Wildman–Crippen MR) is 74.0 cm³/mol. The summed E-state index contributed by atoms with van der Waals surface area (Å²) in [6, 6.07) is 6.92. The first-order valence-corrected chi connectivity index (χ1v) is 7.24. The van der Waals surface area contributed by atoms with Crippen LogP contribution in [0.25, 0.3) is 0 Å². The molecule has 1 amide bonds. The fourth-order valence-electron chi connectivity index (χ4n) is 3.96. The Morgan fingerprint density at radius 2 is 2.11 bits per heavy atom. The lowest BCUT2D eigenvalue weighted by Crippen LogP contribution is -2.40. The highest BCUT2D eigenvalue weighted by molar-refractivity contribution is 5.96. The molecule has 19 heavy (non-hydrogen) atoms. The molecule has 0 aliphatic heterocycles. The van der Waals surface area contributed by atoms with Gasteiger partial charge in [0.1, 0.15) is 5.75 Å². The average molecular weight is 259 g/mol. The third kappa shape index (κ3) is 2.34.